The largest absolute Gasteiger partial charge is 0.299 e. The molecule has 0 amide bonds. The predicted molar refractivity (Wildman–Crippen MR) is 57.4 cm³/mol. The summed E-state index contributed by atoms with van der Waals surface area (Å²) < 4.78 is 0. The van der Waals surface area contributed by atoms with Crippen molar-refractivity contribution in [3.05, 3.63) is 29.0 Å². The summed E-state index contributed by atoms with van der Waals surface area (Å²) in [5.74, 6) is 0.151. The average molecular weight is 212 g/mol. The van der Waals surface area contributed by atoms with Gasteiger partial charge < -0.3 is 0 Å². The van der Waals surface area contributed by atoms with Crippen LogP contribution < -0.4 is 0 Å². The normalized spacial score (nSPS) is 11.4. The second-order valence-corrected chi connectivity index (χ2v) is 4.69. The number of carbonyl (C=O) groups is 1. The lowest BCUT2D eigenvalue weighted by atomic mass is 9.88. The van der Waals surface area contributed by atoms with Crippen molar-refractivity contribution in [2.75, 3.05) is 0 Å². The summed E-state index contributed by atoms with van der Waals surface area (Å²) in [6.45, 7) is 5.69. The summed E-state index contributed by atoms with van der Waals surface area (Å²) >= 11 is 5.90. The van der Waals surface area contributed by atoms with Gasteiger partial charge in [-0.3, -0.25) is 9.78 Å². The molecule has 1 aromatic rings. The molecule has 0 aliphatic rings. The molecular formula is C11H14ClNO. The van der Waals surface area contributed by atoms with Crippen molar-refractivity contribution in [1.82, 2.24) is 4.98 Å². The van der Waals surface area contributed by atoms with Gasteiger partial charge in [0.25, 0.3) is 0 Å². The molecule has 0 atom stereocenters. The Morgan fingerprint density at radius 1 is 1.50 bits per heavy atom. The van der Waals surface area contributed by atoms with Crippen molar-refractivity contribution in [3.63, 3.8) is 0 Å². The van der Waals surface area contributed by atoms with E-state index in [-0.39, 0.29) is 11.2 Å². The van der Waals surface area contributed by atoms with Gasteiger partial charge in [0.15, 0.2) is 0 Å². The number of halogens is 1. The molecule has 0 unspecified atom stereocenters. The molecule has 1 rings (SSSR count). The molecule has 2 nitrogen and oxygen atoms in total. The molecule has 1 aromatic heterocycles. The summed E-state index contributed by atoms with van der Waals surface area (Å²) in [5, 5.41) is 0.560. The SMILES string of the molecule is CC(C)(C)C(=O)Cc1ncccc1Cl. The maximum absolute atomic E-state index is 11.7. The quantitative estimate of drug-likeness (QED) is 0.753. The number of pyridine rings is 1. The minimum atomic E-state index is -0.332. The van der Waals surface area contributed by atoms with Crippen LogP contribution in [0.4, 0.5) is 0 Å². The maximum atomic E-state index is 11.7. The second-order valence-electron chi connectivity index (χ2n) is 4.28. The van der Waals surface area contributed by atoms with Crippen molar-refractivity contribution >= 4 is 17.4 Å². The fourth-order valence-corrected chi connectivity index (χ4v) is 1.15. The zero-order valence-electron chi connectivity index (χ0n) is 8.67. The first-order chi connectivity index (χ1) is 6.41. The van der Waals surface area contributed by atoms with Crippen LogP contribution in [0.2, 0.25) is 5.02 Å². The Hall–Kier alpha value is -0.890. The summed E-state index contributed by atoms with van der Waals surface area (Å²) in [4.78, 5) is 15.8. The van der Waals surface area contributed by atoms with E-state index in [9.17, 15) is 4.79 Å². The zero-order valence-corrected chi connectivity index (χ0v) is 9.43. The predicted octanol–water partition coefficient (Wildman–Crippen LogP) is 2.89. The Morgan fingerprint density at radius 2 is 2.14 bits per heavy atom. The monoisotopic (exact) mass is 211 g/mol. The summed E-state index contributed by atoms with van der Waals surface area (Å²) in [6, 6.07) is 3.51. The lowest BCUT2D eigenvalue weighted by molar-refractivity contribution is -0.125. The van der Waals surface area contributed by atoms with E-state index in [1.54, 1.807) is 18.3 Å². The van der Waals surface area contributed by atoms with Crippen LogP contribution in [0.15, 0.2) is 18.3 Å². The van der Waals surface area contributed by atoms with Gasteiger partial charge in [0.05, 0.1) is 17.1 Å². The topological polar surface area (TPSA) is 30.0 Å². The summed E-state index contributed by atoms with van der Waals surface area (Å²) in [6.07, 6.45) is 1.96. The number of carbonyl (C=O) groups excluding carboxylic acids is 1. The van der Waals surface area contributed by atoms with E-state index < -0.39 is 0 Å². The molecule has 0 saturated carbocycles. The number of hydrogen-bond acceptors (Lipinski definition) is 2. The van der Waals surface area contributed by atoms with Crippen LogP contribution in [0.3, 0.4) is 0 Å². The van der Waals surface area contributed by atoms with Gasteiger partial charge in [-0.15, -0.1) is 0 Å². The first-order valence-electron chi connectivity index (χ1n) is 4.54. The molecule has 0 spiro atoms. The fraction of sp³-hybridized carbons (Fsp3) is 0.455. The van der Waals surface area contributed by atoms with Gasteiger partial charge in [0.1, 0.15) is 5.78 Å². The van der Waals surface area contributed by atoms with Gasteiger partial charge in [-0.2, -0.15) is 0 Å². The molecule has 76 valence electrons. The van der Waals surface area contributed by atoms with Crippen LogP contribution in [-0.2, 0) is 11.2 Å². The van der Waals surface area contributed by atoms with Crippen LogP contribution in [0.1, 0.15) is 26.5 Å². The number of rotatable bonds is 2. The third kappa shape index (κ3) is 2.81. The van der Waals surface area contributed by atoms with Gasteiger partial charge in [-0.1, -0.05) is 32.4 Å². The highest BCUT2D eigenvalue weighted by Gasteiger charge is 2.22. The lowest BCUT2D eigenvalue weighted by Crippen LogP contribution is -2.22. The molecule has 3 heteroatoms. The molecular weight excluding hydrogens is 198 g/mol. The molecule has 0 N–H and O–H groups in total. The van der Waals surface area contributed by atoms with E-state index in [1.165, 1.54) is 0 Å². The van der Waals surface area contributed by atoms with Crippen molar-refractivity contribution in [2.45, 2.75) is 27.2 Å². The van der Waals surface area contributed by atoms with Gasteiger partial charge in [-0.25, -0.2) is 0 Å². The smallest absolute Gasteiger partial charge is 0.144 e. The van der Waals surface area contributed by atoms with E-state index in [4.69, 9.17) is 11.6 Å². The minimum Gasteiger partial charge on any atom is -0.299 e. The standard InChI is InChI=1S/C11H14ClNO/c1-11(2,3)10(14)7-9-8(12)5-4-6-13-9/h4-6H,7H2,1-3H3. The first kappa shape index (κ1) is 11.2. The van der Waals surface area contributed by atoms with E-state index in [2.05, 4.69) is 4.98 Å². The second kappa shape index (κ2) is 4.09. The number of hydrogen-bond donors (Lipinski definition) is 0. The van der Waals surface area contributed by atoms with E-state index >= 15 is 0 Å². The van der Waals surface area contributed by atoms with Gasteiger partial charge in [-0.05, 0) is 12.1 Å². The molecule has 0 aliphatic carbocycles. The number of Topliss-reactive ketones (excluding diaryl/α,β-unsaturated/α-hetero) is 1. The van der Waals surface area contributed by atoms with Gasteiger partial charge in [0, 0.05) is 11.6 Å². The van der Waals surface area contributed by atoms with Gasteiger partial charge >= 0.3 is 0 Å². The average Bonchev–Trinajstić information content (AvgIpc) is 2.07. The minimum absolute atomic E-state index is 0.151. The zero-order chi connectivity index (χ0) is 10.8. The molecule has 0 fully saturated rings. The van der Waals surface area contributed by atoms with Gasteiger partial charge in [0.2, 0.25) is 0 Å². The van der Waals surface area contributed by atoms with Crippen LogP contribution in [-0.4, -0.2) is 10.8 Å². The fourth-order valence-electron chi connectivity index (χ4n) is 0.966. The number of ketones is 1. The summed E-state index contributed by atoms with van der Waals surface area (Å²) in [7, 11) is 0. The first-order valence-corrected chi connectivity index (χ1v) is 4.92. The van der Waals surface area contributed by atoms with Crippen molar-refractivity contribution < 1.29 is 4.79 Å². The third-order valence-corrected chi connectivity index (χ3v) is 2.34. The Kier molecular flexibility index (Phi) is 3.27. The van der Waals surface area contributed by atoms with E-state index in [0.29, 0.717) is 17.1 Å². The molecule has 0 radical (unpaired) electrons. The van der Waals surface area contributed by atoms with Crippen LogP contribution >= 0.6 is 11.6 Å². The van der Waals surface area contributed by atoms with Crippen molar-refractivity contribution in [3.8, 4) is 0 Å². The maximum Gasteiger partial charge on any atom is 0.144 e. The molecule has 1 heterocycles. The van der Waals surface area contributed by atoms with E-state index in [0.717, 1.165) is 0 Å². The van der Waals surface area contributed by atoms with Crippen LogP contribution in [0.25, 0.3) is 0 Å². The number of aromatic nitrogens is 1. The van der Waals surface area contributed by atoms with E-state index in [1.807, 2.05) is 20.8 Å². The Bertz CT molecular complexity index is 341. The Balaban J connectivity index is 2.80. The molecule has 14 heavy (non-hydrogen) atoms. The van der Waals surface area contributed by atoms with Crippen molar-refractivity contribution in [2.24, 2.45) is 5.41 Å². The highest BCUT2D eigenvalue weighted by Crippen LogP contribution is 2.20. The molecule has 0 saturated heterocycles. The Morgan fingerprint density at radius 3 is 2.64 bits per heavy atom. The Labute approximate surface area is 89.3 Å². The van der Waals surface area contributed by atoms with Crippen LogP contribution in [0, 0.1) is 5.41 Å². The van der Waals surface area contributed by atoms with Crippen molar-refractivity contribution in [1.29, 1.82) is 0 Å². The van der Waals surface area contributed by atoms with Crippen LogP contribution in [0.5, 0.6) is 0 Å². The number of nitrogens with zero attached hydrogens (tertiary/aromatic N) is 1. The molecule has 0 bridgehead atoms. The molecule has 0 aromatic carbocycles. The highest BCUT2D eigenvalue weighted by molar-refractivity contribution is 6.31. The summed E-state index contributed by atoms with van der Waals surface area (Å²) in [5.41, 5.74) is 0.329. The third-order valence-electron chi connectivity index (χ3n) is 2.00. The lowest BCUT2D eigenvalue weighted by Gasteiger charge is -2.16. The highest BCUT2D eigenvalue weighted by atomic mass is 35.5. The molecule has 0 aliphatic heterocycles.